The van der Waals surface area contributed by atoms with Crippen molar-refractivity contribution in [1.29, 1.82) is 0 Å². The molecule has 0 atom stereocenters. The Balaban J connectivity index is 3.74. The lowest BCUT2D eigenvalue weighted by atomic mass is 10.2. The second kappa shape index (κ2) is 4.15. The van der Waals surface area contributed by atoms with Gasteiger partial charge in [-0.2, -0.15) is 0 Å². The van der Waals surface area contributed by atoms with Crippen LogP contribution in [0.5, 0.6) is 5.75 Å². The molecule has 0 aliphatic carbocycles. The average Bonchev–Trinajstić information content (AvgIpc) is 2.08. The molecule has 1 aromatic rings. The maximum atomic E-state index is 13.2. The fourth-order valence-corrected chi connectivity index (χ4v) is 2.91. The first-order chi connectivity index (χ1) is 6.79. The zero-order chi connectivity index (χ0) is 11.8. The molecule has 84 valence electrons. The predicted molar refractivity (Wildman–Crippen MR) is 55.7 cm³/mol. The molecule has 0 heterocycles. The van der Waals surface area contributed by atoms with Crippen LogP contribution in [0.4, 0.5) is 4.39 Å². The van der Waals surface area contributed by atoms with Crippen LogP contribution in [0, 0.1) is 12.7 Å². The summed E-state index contributed by atoms with van der Waals surface area (Å²) in [5.41, 5.74) is -0.119. The highest BCUT2D eigenvalue weighted by atomic mass is 35.7. The van der Waals surface area contributed by atoms with Crippen molar-refractivity contribution in [2.45, 2.75) is 11.8 Å². The minimum Gasteiger partial charge on any atom is -0.494 e. The van der Waals surface area contributed by atoms with Crippen molar-refractivity contribution < 1.29 is 17.5 Å². The number of benzene rings is 1. The Morgan fingerprint density at radius 3 is 2.40 bits per heavy atom. The Morgan fingerprint density at radius 1 is 1.47 bits per heavy atom. The maximum Gasteiger partial charge on any atom is 0.265 e. The number of hydrogen-bond donors (Lipinski definition) is 0. The van der Waals surface area contributed by atoms with Gasteiger partial charge in [0.05, 0.1) is 12.1 Å². The van der Waals surface area contributed by atoms with Gasteiger partial charge in [0.15, 0.2) is 5.75 Å². The highest BCUT2D eigenvalue weighted by molar-refractivity contribution is 8.13. The van der Waals surface area contributed by atoms with Crippen LogP contribution >= 0.6 is 22.3 Å². The zero-order valence-corrected chi connectivity index (χ0v) is 10.2. The van der Waals surface area contributed by atoms with Crippen molar-refractivity contribution in [2.75, 3.05) is 7.11 Å². The van der Waals surface area contributed by atoms with Crippen molar-refractivity contribution in [3.8, 4) is 5.75 Å². The molecule has 1 rings (SSSR count). The number of methoxy groups -OCH3 is 1. The molecular weight excluding hydrogens is 266 g/mol. The van der Waals surface area contributed by atoms with Crippen LogP contribution in [-0.4, -0.2) is 15.5 Å². The number of ether oxygens (including phenoxy) is 1. The normalized spacial score (nSPS) is 11.5. The highest BCUT2D eigenvalue weighted by Gasteiger charge is 2.24. The Bertz CT molecular complexity index is 499. The lowest BCUT2D eigenvalue weighted by Crippen LogP contribution is -2.02. The van der Waals surface area contributed by atoms with E-state index in [1.54, 1.807) is 0 Å². The van der Waals surface area contributed by atoms with Crippen molar-refractivity contribution in [2.24, 2.45) is 0 Å². The molecule has 0 radical (unpaired) electrons. The van der Waals surface area contributed by atoms with Crippen LogP contribution < -0.4 is 4.74 Å². The van der Waals surface area contributed by atoms with E-state index in [-0.39, 0.29) is 16.3 Å². The first kappa shape index (κ1) is 12.5. The maximum absolute atomic E-state index is 13.2. The van der Waals surface area contributed by atoms with Crippen molar-refractivity contribution in [3.63, 3.8) is 0 Å². The quantitative estimate of drug-likeness (QED) is 0.778. The molecule has 0 fully saturated rings. The minimum absolute atomic E-state index is 0.119. The molecule has 0 amide bonds. The molecule has 0 saturated carbocycles. The van der Waals surface area contributed by atoms with E-state index in [0.29, 0.717) is 0 Å². The largest absolute Gasteiger partial charge is 0.494 e. The van der Waals surface area contributed by atoms with E-state index in [2.05, 4.69) is 0 Å². The molecule has 3 nitrogen and oxygen atoms in total. The zero-order valence-electron chi connectivity index (χ0n) is 7.84. The van der Waals surface area contributed by atoms with Crippen LogP contribution in [0.15, 0.2) is 11.0 Å². The van der Waals surface area contributed by atoms with Gasteiger partial charge in [-0.25, -0.2) is 12.8 Å². The summed E-state index contributed by atoms with van der Waals surface area (Å²) in [6.45, 7) is 1.28. The lowest BCUT2D eigenvalue weighted by molar-refractivity contribution is 0.400. The topological polar surface area (TPSA) is 43.4 Å². The third-order valence-electron chi connectivity index (χ3n) is 1.82. The van der Waals surface area contributed by atoms with E-state index >= 15 is 0 Å². The summed E-state index contributed by atoms with van der Waals surface area (Å²) in [7, 11) is 2.29. The van der Waals surface area contributed by atoms with E-state index in [9.17, 15) is 12.8 Å². The first-order valence-electron chi connectivity index (χ1n) is 3.76. The van der Waals surface area contributed by atoms with Gasteiger partial charge in [-0.15, -0.1) is 0 Å². The molecular formula is C8H7Cl2FO3S. The van der Waals surface area contributed by atoms with Gasteiger partial charge in [0.25, 0.3) is 9.05 Å². The van der Waals surface area contributed by atoms with Gasteiger partial charge < -0.3 is 4.74 Å². The van der Waals surface area contributed by atoms with Gasteiger partial charge in [0.2, 0.25) is 0 Å². The first-order valence-corrected chi connectivity index (χ1v) is 6.45. The summed E-state index contributed by atoms with van der Waals surface area (Å²) in [6.07, 6.45) is 0. The summed E-state index contributed by atoms with van der Waals surface area (Å²) >= 11 is 5.62. The third-order valence-corrected chi connectivity index (χ3v) is 3.55. The predicted octanol–water partition coefficient (Wildman–Crippen LogP) is 2.72. The molecule has 0 saturated heterocycles. The fraction of sp³-hybridized carbons (Fsp3) is 0.250. The van der Waals surface area contributed by atoms with Crippen LogP contribution in [0.2, 0.25) is 5.02 Å². The van der Waals surface area contributed by atoms with Crippen LogP contribution in [0.3, 0.4) is 0 Å². The summed E-state index contributed by atoms with van der Waals surface area (Å²) in [6, 6.07) is 0.974. The molecule has 0 aliphatic heterocycles. The molecule has 0 aliphatic rings. The summed E-state index contributed by atoms with van der Waals surface area (Å²) in [5, 5.41) is -0.139. The molecule has 15 heavy (non-hydrogen) atoms. The van der Waals surface area contributed by atoms with Gasteiger partial charge in [-0.3, -0.25) is 0 Å². The van der Waals surface area contributed by atoms with Gasteiger partial charge >= 0.3 is 0 Å². The molecule has 0 N–H and O–H groups in total. The van der Waals surface area contributed by atoms with E-state index in [0.717, 1.165) is 6.07 Å². The van der Waals surface area contributed by atoms with Crippen molar-refractivity contribution >= 4 is 31.3 Å². The van der Waals surface area contributed by atoms with Crippen molar-refractivity contribution in [3.05, 3.63) is 22.5 Å². The summed E-state index contributed by atoms with van der Waals surface area (Å²) in [5.74, 6) is -0.898. The SMILES string of the molecule is COc1c(Cl)cc(F)c(C)c1S(=O)(=O)Cl. The Kier molecular flexibility index (Phi) is 3.48. The van der Waals surface area contributed by atoms with Gasteiger partial charge in [0, 0.05) is 16.2 Å². The standard InChI is InChI=1S/C8H7Cl2FO3S/c1-4-6(11)3-5(9)7(14-2)8(4)15(10,12)13/h3H,1-2H3. The Morgan fingerprint density at radius 2 is 2.00 bits per heavy atom. The third kappa shape index (κ3) is 2.35. The van der Waals surface area contributed by atoms with E-state index in [1.807, 2.05) is 0 Å². The van der Waals surface area contributed by atoms with Gasteiger partial charge in [-0.1, -0.05) is 11.6 Å². The molecule has 0 aromatic heterocycles. The number of hydrogen-bond acceptors (Lipinski definition) is 3. The van der Waals surface area contributed by atoms with Crippen LogP contribution in [0.1, 0.15) is 5.56 Å². The average molecular weight is 273 g/mol. The smallest absolute Gasteiger partial charge is 0.265 e. The van der Waals surface area contributed by atoms with E-state index in [4.69, 9.17) is 27.0 Å². The Hall–Kier alpha value is -0.520. The molecule has 0 unspecified atom stereocenters. The second-order valence-electron chi connectivity index (χ2n) is 2.77. The van der Waals surface area contributed by atoms with Crippen LogP contribution in [0.25, 0.3) is 0 Å². The molecule has 7 heteroatoms. The molecule has 0 bridgehead atoms. The summed E-state index contributed by atoms with van der Waals surface area (Å²) in [4.78, 5) is -0.434. The number of rotatable bonds is 2. The van der Waals surface area contributed by atoms with Gasteiger partial charge in [0.1, 0.15) is 10.7 Å². The second-order valence-corrected chi connectivity index (χ2v) is 5.68. The molecule has 1 aromatic carbocycles. The fourth-order valence-electron chi connectivity index (χ4n) is 1.16. The van der Waals surface area contributed by atoms with E-state index in [1.165, 1.54) is 14.0 Å². The lowest BCUT2D eigenvalue weighted by Gasteiger charge is -2.11. The minimum atomic E-state index is -4.10. The highest BCUT2D eigenvalue weighted by Crippen LogP contribution is 2.37. The Labute approximate surface area is 96.2 Å². The van der Waals surface area contributed by atoms with Crippen molar-refractivity contribution in [1.82, 2.24) is 0 Å². The molecule has 0 spiro atoms. The van der Waals surface area contributed by atoms with Gasteiger partial charge in [-0.05, 0) is 13.0 Å². The van der Waals surface area contributed by atoms with E-state index < -0.39 is 19.8 Å². The monoisotopic (exact) mass is 272 g/mol. The number of halogens is 3. The van der Waals surface area contributed by atoms with Crippen LogP contribution in [-0.2, 0) is 9.05 Å². The summed E-state index contributed by atoms with van der Waals surface area (Å²) < 4.78 is 40.4.